The van der Waals surface area contributed by atoms with E-state index in [-0.39, 0.29) is 6.09 Å². The molecule has 1 saturated heterocycles. The highest BCUT2D eigenvalue weighted by molar-refractivity contribution is 5.68. The number of rotatable bonds is 2. The number of nitrogens with zero attached hydrogens (tertiary/aromatic N) is 1. The van der Waals surface area contributed by atoms with Crippen LogP contribution in [0.25, 0.3) is 0 Å². The summed E-state index contributed by atoms with van der Waals surface area (Å²) in [7, 11) is 0. The molecule has 0 radical (unpaired) electrons. The predicted octanol–water partition coefficient (Wildman–Crippen LogP) is 2.54. The van der Waals surface area contributed by atoms with Crippen LogP contribution in [0.4, 0.5) is 4.79 Å². The maximum Gasteiger partial charge on any atom is 0.410 e. The van der Waals surface area contributed by atoms with Gasteiger partial charge in [-0.25, -0.2) is 4.79 Å². The molecular formula is C16H22N2O2. The fourth-order valence-electron chi connectivity index (χ4n) is 3.29. The Morgan fingerprint density at radius 2 is 2.05 bits per heavy atom. The van der Waals surface area contributed by atoms with Crippen molar-refractivity contribution >= 4 is 6.09 Å². The van der Waals surface area contributed by atoms with E-state index >= 15 is 0 Å². The minimum absolute atomic E-state index is 0.160. The number of hydrogen-bond acceptors (Lipinski definition) is 3. The molecule has 1 N–H and O–H groups in total. The summed E-state index contributed by atoms with van der Waals surface area (Å²) in [5.41, 5.74) is 1.04. The van der Waals surface area contributed by atoms with Crippen LogP contribution < -0.4 is 5.32 Å². The molecule has 1 aliphatic heterocycles. The molecule has 3 rings (SSSR count). The molecule has 2 atom stereocenters. The Bertz CT molecular complexity index is 447. The smallest absolute Gasteiger partial charge is 0.410 e. The molecule has 4 nitrogen and oxygen atoms in total. The van der Waals surface area contributed by atoms with Gasteiger partial charge in [-0.2, -0.15) is 0 Å². The summed E-state index contributed by atoms with van der Waals surface area (Å²) in [6.07, 6.45) is 4.59. The molecule has 20 heavy (non-hydrogen) atoms. The van der Waals surface area contributed by atoms with E-state index in [4.69, 9.17) is 4.74 Å². The number of benzene rings is 1. The Labute approximate surface area is 120 Å². The lowest BCUT2D eigenvalue weighted by atomic mass is 9.88. The van der Waals surface area contributed by atoms with Gasteiger partial charge in [0.05, 0.1) is 6.04 Å². The van der Waals surface area contributed by atoms with Gasteiger partial charge in [0.15, 0.2) is 0 Å². The number of carbonyl (C=O) groups is 1. The third-order valence-corrected chi connectivity index (χ3v) is 4.33. The Morgan fingerprint density at radius 3 is 2.90 bits per heavy atom. The number of nitrogens with one attached hydrogen (secondary N) is 1. The summed E-state index contributed by atoms with van der Waals surface area (Å²) < 4.78 is 5.48. The van der Waals surface area contributed by atoms with E-state index in [1.165, 1.54) is 19.3 Å². The Morgan fingerprint density at radius 1 is 1.25 bits per heavy atom. The number of amides is 1. The van der Waals surface area contributed by atoms with Crippen molar-refractivity contribution in [3.63, 3.8) is 0 Å². The second kappa shape index (κ2) is 6.27. The normalized spacial score (nSPS) is 25.9. The third-order valence-electron chi connectivity index (χ3n) is 4.33. The first-order chi connectivity index (χ1) is 9.84. The van der Waals surface area contributed by atoms with Gasteiger partial charge in [0, 0.05) is 19.1 Å². The van der Waals surface area contributed by atoms with Crippen molar-refractivity contribution in [3.05, 3.63) is 35.9 Å². The van der Waals surface area contributed by atoms with Crippen molar-refractivity contribution in [3.8, 4) is 0 Å². The van der Waals surface area contributed by atoms with Crippen molar-refractivity contribution < 1.29 is 9.53 Å². The number of piperazine rings is 1. The highest BCUT2D eigenvalue weighted by Crippen LogP contribution is 2.26. The van der Waals surface area contributed by atoms with Gasteiger partial charge in [-0.05, 0) is 18.4 Å². The lowest BCUT2D eigenvalue weighted by Crippen LogP contribution is -2.60. The van der Waals surface area contributed by atoms with Crippen molar-refractivity contribution in [1.82, 2.24) is 10.2 Å². The largest absolute Gasteiger partial charge is 0.445 e. The second-order valence-electron chi connectivity index (χ2n) is 5.65. The van der Waals surface area contributed by atoms with E-state index in [1.54, 1.807) is 0 Å². The quantitative estimate of drug-likeness (QED) is 0.901. The fourth-order valence-corrected chi connectivity index (χ4v) is 3.29. The molecule has 1 aromatic carbocycles. The minimum atomic E-state index is -0.160. The molecule has 1 aliphatic carbocycles. The van der Waals surface area contributed by atoms with Gasteiger partial charge in [0.1, 0.15) is 6.61 Å². The highest BCUT2D eigenvalue weighted by atomic mass is 16.6. The van der Waals surface area contributed by atoms with Crippen LogP contribution in [0.3, 0.4) is 0 Å². The Balaban J connectivity index is 1.58. The van der Waals surface area contributed by atoms with E-state index < -0.39 is 0 Å². The van der Waals surface area contributed by atoms with Crippen LogP contribution in [0, 0.1) is 0 Å². The Hall–Kier alpha value is -1.55. The van der Waals surface area contributed by atoms with Crippen LogP contribution in [-0.4, -0.2) is 36.2 Å². The molecule has 1 amide bonds. The zero-order chi connectivity index (χ0) is 13.8. The molecule has 0 spiro atoms. The van der Waals surface area contributed by atoms with Gasteiger partial charge < -0.3 is 15.0 Å². The second-order valence-corrected chi connectivity index (χ2v) is 5.65. The van der Waals surface area contributed by atoms with Crippen LogP contribution in [-0.2, 0) is 11.3 Å². The molecule has 1 saturated carbocycles. The van der Waals surface area contributed by atoms with Gasteiger partial charge in [-0.3, -0.25) is 0 Å². The predicted molar refractivity (Wildman–Crippen MR) is 77.4 cm³/mol. The van der Waals surface area contributed by atoms with Crippen LogP contribution >= 0.6 is 0 Å². The van der Waals surface area contributed by atoms with Crippen LogP contribution in [0.5, 0.6) is 0 Å². The van der Waals surface area contributed by atoms with Crippen molar-refractivity contribution in [1.29, 1.82) is 0 Å². The summed E-state index contributed by atoms with van der Waals surface area (Å²) in [6.45, 7) is 2.00. The van der Waals surface area contributed by atoms with Gasteiger partial charge in [0.2, 0.25) is 0 Å². The van der Waals surface area contributed by atoms with E-state index in [2.05, 4.69) is 5.32 Å². The summed E-state index contributed by atoms with van der Waals surface area (Å²) in [5, 5.41) is 3.53. The zero-order valence-corrected chi connectivity index (χ0v) is 11.8. The van der Waals surface area contributed by atoms with E-state index in [0.29, 0.717) is 18.7 Å². The molecule has 2 fully saturated rings. The molecule has 108 valence electrons. The summed E-state index contributed by atoms with van der Waals surface area (Å²) in [6, 6.07) is 10.6. The molecule has 0 aromatic heterocycles. The lowest BCUT2D eigenvalue weighted by Gasteiger charge is -2.43. The summed E-state index contributed by atoms with van der Waals surface area (Å²) in [5.74, 6) is 0. The van der Waals surface area contributed by atoms with Gasteiger partial charge >= 0.3 is 6.09 Å². The van der Waals surface area contributed by atoms with Crippen LogP contribution in [0.2, 0.25) is 0 Å². The van der Waals surface area contributed by atoms with Crippen molar-refractivity contribution in [2.75, 3.05) is 13.1 Å². The molecule has 1 aromatic rings. The Kier molecular flexibility index (Phi) is 4.21. The first-order valence-corrected chi connectivity index (χ1v) is 7.55. The average molecular weight is 274 g/mol. The van der Waals surface area contributed by atoms with Gasteiger partial charge in [-0.15, -0.1) is 0 Å². The van der Waals surface area contributed by atoms with Crippen molar-refractivity contribution in [2.24, 2.45) is 0 Å². The number of carbonyl (C=O) groups excluding carboxylic acids is 1. The maximum absolute atomic E-state index is 12.3. The molecular weight excluding hydrogens is 252 g/mol. The summed E-state index contributed by atoms with van der Waals surface area (Å²) in [4.78, 5) is 14.2. The standard InChI is InChI=1S/C16H22N2O2/c19-16(20-12-13-6-2-1-3-7-13)18-11-10-17-14-8-4-5-9-15(14)18/h1-3,6-7,14-15,17H,4-5,8-12H2/t14-,15+/m0/s1. The minimum Gasteiger partial charge on any atom is -0.445 e. The van der Waals surface area contributed by atoms with Crippen LogP contribution in [0.15, 0.2) is 30.3 Å². The first kappa shape index (κ1) is 13.4. The molecule has 2 aliphatic rings. The number of fused-ring (bicyclic) bond motifs is 1. The fraction of sp³-hybridized carbons (Fsp3) is 0.562. The zero-order valence-electron chi connectivity index (χ0n) is 11.8. The molecule has 4 heteroatoms. The van der Waals surface area contributed by atoms with E-state index in [1.807, 2.05) is 35.2 Å². The van der Waals surface area contributed by atoms with Gasteiger partial charge in [0.25, 0.3) is 0 Å². The van der Waals surface area contributed by atoms with E-state index in [0.717, 1.165) is 25.1 Å². The van der Waals surface area contributed by atoms with Crippen molar-refractivity contribution in [2.45, 2.75) is 44.4 Å². The summed E-state index contributed by atoms with van der Waals surface area (Å²) >= 11 is 0. The maximum atomic E-state index is 12.3. The highest BCUT2D eigenvalue weighted by Gasteiger charge is 2.36. The molecule has 0 unspecified atom stereocenters. The number of ether oxygens (including phenoxy) is 1. The molecule has 1 heterocycles. The number of hydrogen-bond donors (Lipinski definition) is 1. The SMILES string of the molecule is O=C(OCc1ccccc1)N1CCN[C@H]2CCCC[C@H]21. The topological polar surface area (TPSA) is 41.6 Å². The average Bonchev–Trinajstić information content (AvgIpc) is 2.53. The van der Waals surface area contributed by atoms with Gasteiger partial charge in [-0.1, -0.05) is 43.2 Å². The first-order valence-electron chi connectivity index (χ1n) is 7.55. The van der Waals surface area contributed by atoms with Crippen LogP contribution in [0.1, 0.15) is 31.2 Å². The third kappa shape index (κ3) is 2.96. The monoisotopic (exact) mass is 274 g/mol. The lowest BCUT2D eigenvalue weighted by molar-refractivity contribution is 0.0478. The van der Waals surface area contributed by atoms with E-state index in [9.17, 15) is 4.79 Å². The molecule has 0 bridgehead atoms.